The summed E-state index contributed by atoms with van der Waals surface area (Å²) in [5, 5.41) is 5.80. The molecule has 0 unspecified atom stereocenters. The summed E-state index contributed by atoms with van der Waals surface area (Å²) < 4.78 is 33.3. The van der Waals surface area contributed by atoms with Crippen molar-refractivity contribution < 1.29 is 17.9 Å². The van der Waals surface area contributed by atoms with Gasteiger partial charge >= 0.3 is 0 Å². The van der Waals surface area contributed by atoms with Crippen molar-refractivity contribution in [2.24, 2.45) is 0 Å². The van der Waals surface area contributed by atoms with Gasteiger partial charge < -0.3 is 10.1 Å². The van der Waals surface area contributed by atoms with Gasteiger partial charge in [0.15, 0.2) is 0 Å². The van der Waals surface area contributed by atoms with Crippen LogP contribution >= 0.6 is 11.3 Å². The van der Waals surface area contributed by atoms with Gasteiger partial charge in [-0.2, -0.15) is 4.31 Å². The molecular formula is C20H27N3O4S2. The third kappa shape index (κ3) is 4.96. The first-order valence-electron chi connectivity index (χ1n) is 9.72. The molecule has 1 atom stereocenters. The van der Waals surface area contributed by atoms with Gasteiger partial charge in [0.1, 0.15) is 10.6 Å². The number of amides is 1. The number of ether oxygens (including phenoxy) is 1. The van der Waals surface area contributed by atoms with Crippen LogP contribution in [-0.4, -0.2) is 49.9 Å². The van der Waals surface area contributed by atoms with Crippen molar-refractivity contribution in [3.63, 3.8) is 0 Å². The number of hydrogen-bond donors (Lipinski definition) is 1. The highest BCUT2D eigenvalue weighted by Crippen LogP contribution is 2.31. The van der Waals surface area contributed by atoms with Crippen LogP contribution in [0.5, 0.6) is 5.75 Å². The van der Waals surface area contributed by atoms with Crippen molar-refractivity contribution in [2.45, 2.75) is 50.5 Å². The van der Waals surface area contributed by atoms with E-state index in [1.165, 1.54) is 17.5 Å². The van der Waals surface area contributed by atoms with E-state index in [9.17, 15) is 13.2 Å². The molecule has 0 aliphatic carbocycles. The Morgan fingerprint density at radius 3 is 2.83 bits per heavy atom. The first-order chi connectivity index (χ1) is 13.8. The van der Waals surface area contributed by atoms with E-state index >= 15 is 0 Å². The maximum absolute atomic E-state index is 13.3. The zero-order valence-corrected chi connectivity index (χ0v) is 18.6. The number of carbonyl (C=O) groups excluding carboxylic acids is 1. The van der Waals surface area contributed by atoms with E-state index in [-0.39, 0.29) is 22.6 Å². The van der Waals surface area contributed by atoms with E-state index in [1.807, 2.05) is 19.2 Å². The van der Waals surface area contributed by atoms with Gasteiger partial charge in [-0.15, -0.1) is 11.3 Å². The van der Waals surface area contributed by atoms with Crippen LogP contribution in [0.15, 0.2) is 28.5 Å². The topological polar surface area (TPSA) is 88.6 Å². The maximum atomic E-state index is 13.3. The second-order valence-electron chi connectivity index (χ2n) is 7.19. The summed E-state index contributed by atoms with van der Waals surface area (Å²) in [5.41, 5.74) is 1.23. The van der Waals surface area contributed by atoms with Crippen LogP contribution < -0.4 is 10.1 Å². The van der Waals surface area contributed by atoms with Gasteiger partial charge in [-0.1, -0.05) is 6.42 Å². The summed E-state index contributed by atoms with van der Waals surface area (Å²) in [6.45, 7) is 4.77. The third-order valence-electron chi connectivity index (χ3n) is 5.09. The summed E-state index contributed by atoms with van der Waals surface area (Å²) >= 11 is 1.57. The lowest BCUT2D eigenvalue weighted by Gasteiger charge is -2.32. The monoisotopic (exact) mass is 437 g/mol. The van der Waals surface area contributed by atoms with Gasteiger partial charge in [0.25, 0.3) is 5.91 Å². The molecule has 1 fully saturated rings. The number of sulfonamides is 1. The summed E-state index contributed by atoms with van der Waals surface area (Å²) in [4.78, 5) is 17.0. The molecule has 0 bridgehead atoms. The van der Waals surface area contributed by atoms with Crippen LogP contribution in [0.2, 0.25) is 0 Å². The Bertz CT molecular complexity index is 972. The molecule has 1 N–H and O–H groups in total. The van der Waals surface area contributed by atoms with Gasteiger partial charge in [0.05, 0.1) is 17.8 Å². The van der Waals surface area contributed by atoms with Crippen molar-refractivity contribution in [3.8, 4) is 5.75 Å². The molecule has 158 valence electrons. The molecule has 1 aliphatic heterocycles. The van der Waals surface area contributed by atoms with E-state index in [0.717, 1.165) is 30.0 Å². The molecule has 3 rings (SSSR count). The zero-order valence-electron chi connectivity index (χ0n) is 17.0. The zero-order chi connectivity index (χ0) is 21.0. The van der Waals surface area contributed by atoms with E-state index in [2.05, 4.69) is 10.3 Å². The predicted octanol–water partition coefficient (Wildman–Crippen LogP) is 3.00. The molecule has 1 saturated heterocycles. The highest BCUT2D eigenvalue weighted by molar-refractivity contribution is 7.89. The van der Waals surface area contributed by atoms with Gasteiger partial charge in [0, 0.05) is 36.5 Å². The van der Waals surface area contributed by atoms with Crippen molar-refractivity contribution in [1.29, 1.82) is 0 Å². The molecule has 29 heavy (non-hydrogen) atoms. The Balaban J connectivity index is 1.78. The lowest BCUT2D eigenvalue weighted by atomic mass is 10.1. The molecule has 1 aliphatic rings. The van der Waals surface area contributed by atoms with Crippen LogP contribution in [0.4, 0.5) is 0 Å². The summed E-state index contributed by atoms with van der Waals surface area (Å²) in [6.07, 6.45) is 3.31. The Morgan fingerprint density at radius 1 is 1.38 bits per heavy atom. The quantitative estimate of drug-likeness (QED) is 0.719. The normalized spacial score (nSPS) is 17.8. The van der Waals surface area contributed by atoms with Crippen LogP contribution in [0.1, 0.15) is 47.2 Å². The Labute approximate surface area is 176 Å². The number of piperidine rings is 1. The Morgan fingerprint density at radius 2 is 2.17 bits per heavy atom. The first kappa shape index (κ1) is 21.7. The maximum Gasteiger partial charge on any atom is 0.251 e. The Hall–Kier alpha value is -1.97. The number of aryl methyl sites for hydroxylation is 1. The average Bonchev–Trinajstić information content (AvgIpc) is 3.12. The SMILES string of the molecule is COc1ccc(C(=O)NCCc2csc(C)n2)cc1S(=O)(=O)N1CCCC[C@H]1C. The van der Waals surface area contributed by atoms with E-state index in [1.54, 1.807) is 23.5 Å². The largest absolute Gasteiger partial charge is 0.495 e. The average molecular weight is 438 g/mol. The van der Waals surface area contributed by atoms with Gasteiger partial charge in [-0.25, -0.2) is 13.4 Å². The number of methoxy groups -OCH3 is 1. The Kier molecular flexibility index (Phi) is 6.92. The van der Waals surface area contributed by atoms with E-state index in [4.69, 9.17) is 4.74 Å². The third-order valence-corrected chi connectivity index (χ3v) is 7.94. The number of nitrogens with one attached hydrogen (secondary N) is 1. The fourth-order valence-corrected chi connectivity index (χ4v) is 6.03. The van der Waals surface area contributed by atoms with Gasteiger partial charge in [-0.3, -0.25) is 4.79 Å². The number of thiazole rings is 1. The number of benzene rings is 1. The minimum atomic E-state index is -3.75. The van der Waals surface area contributed by atoms with Crippen molar-refractivity contribution in [3.05, 3.63) is 39.8 Å². The van der Waals surface area contributed by atoms with Crippen LogP contribution in [0.3, 0.4) is 0 Å². The van der Waals surface area contributed by atoms with Gasteiger partial charge in [0.2, 0.25) is 10.0 Å². The second-order valence-corrected chi connectivity index (χ2v) is 10.1. The molecule has 1 aromatic heterocycles. The number of hydrogen-bond acceptors (Lipinski definition) is 6. The molecule has 0 radical (unpaired) electrons. The number of rotatable bonds is 7. The fraction of sp³-hybridized carbons (Fsp3) is 0.500. The summed E-state index contributed by atoms with van der Waals surface area (Å²) in [7, 11) is -2.32. The molecule has 0 spiro atoms. The van der Waals surface area contributed by atoms with Crippen LogP contribution in [0.25, 0.3) is 0 Å². The highest BCUT2D eigenvalue weighted by Gasteiger charge is 2.33. The molecule has 7 nitrogen and oxygen atoms in total. The standard InChI is InChI=1S/C20H27N3O4S2/c1-14-6-4-5-11-23(14)29(25,26)19-12-16(7-8-18(19)27-3)20(24)21-10-9-17-13-28-15(2)22-17/h7-8,12-14H,4-6,9-11H2,1-3H3,(H,21,24)/t14-/m1/s1. The molecule has 2 heterocycles. The molecular weight excluding hydrogens is 410 g/mol. The number of aromatic nitrogens is 1. The predicted molar refractivity (Wildman–Crippen MR) is 113 cm³/mol. The van der Waals surface area contributed by atoms with Gasteiger partial charge in [-0.05, 0) is 44.9 Å². The lowest BCUT2D eigenvalue weighted by molar-refractivity contribution is 0.0954. The van der Waals surface area contributed by atoms with Crippen LogP contribution in [0, 0.1) is 6.92 Å². The molecule has 2 aromatic rings. The number of nitrogens with zero attached hydrogens (tertiary/aromatic N) is 2. The lowest BCUT2D eigenvalue weighted by Crippen LogP contribution is -2.42. The molecule has 1 amide bonds. The number of carbonyl (C=O) groups is 1. The van der Waals surface area contributed by atoms with Crippen molar-refractivity contribution in [1.82, 2.24) is 14.6 Å². The molecule has 1 aromatic carbocycles. The minimum Gasteiger partial charge on any atom is -0.495 e. The smallest absolute Gasteiger partial charge is 0.251 e. The fourth-order valence-electron chi connectivity index (χ4n) is 3.50. The van der Waals surface area contributed by atoms with Crippen molar-refractivity contribution in [2.75, 3.05) is 20.2 Å². The minimum absolute atomic E-state index is 0.0385. The second kappa shape index (κ2) is 9.23. The molecule has 9 heteroatoms. The highest BCUT2D eigenvalue weighted by atomic mass is 32.2. The van der Waals surface area contributed by atoms with E-state index < -0.39 is 10.0 Å². The van der Waals surface area contributed by atoms with E-state index in [0.29, 0.717) is 25.1 Å². The van der Waals surface area contributed by atoms with Crippen LogP contribution in [-0.2, 0) is 16.4 Å². The van der Waals surface area contributed by atoms with Crippen molar-refractivity contribution >= 4 is 27.3 Å². The molecule has 0 saturated carbocycles. The summed E-state index contributed by atoms with van der Waals surface area (Å²) in [5.74, 6) is -0.0694. The summed E-state index contributed by atoms with van der Waals surface area (Å²) in [6, 6.07) is 4.47. The first-order valence-corrected chi connectivity index (χ1v) is 12.0.